The third kappa shape index (κ3) is 3.56. The van der Waals surface area contributed by atoms with Crippen LogP contribution < -0.4 is 16.0 Å². The van der Waals surface area contributed by atoms with Crippen LogP contribution in [-0.4, -0.2) is 26.1 Å². The topological polar surface area (TPSA) is 123 Å². The van der Waals surface area contributed by atoms with E-state index >= 15 is 0 Å². The highest BCUT2D eigenvalue weighted by Gasteiger charge is 2.20. The van der Waals surface area contributed by atoms with Crippen LogP contribution in [0.3, 0.4) is 0 Å². The van der Waals surface area contributed by atoms with E-state index in [0.29, 0.717) is 27.8 Å². The maximum atomic E-state index is 12.2. The molecular weight excluding hydrogens is 392 g/mol. The van der Waals surface area contributed by atoms with E-state index in [1.54, 1.807) is 23.0 Å². The maximum Gasteiger partial charge on any atom is 0.272 e. The number of hydrogen-bond donors (Lipinski definition) is 2. The van der Waals surface area contributed by atoms with Gasteiger partial charge in [-0.05, 0) is 37.6 Å². The fourth-order valence-corrected chi connectivity index (χ4v) is 3.71. The lowest BCUT2D eigenvalue weighted by atomic mass is 9.96. The van der Waals surface area contributed by atoms with Crippen molar-refractivity contribution in [3.8, 4) is 34.2 Å². The monoisotopic (exact) mass is 414 g/mol. The first-order valence-corrected chi connectivity index (χ1v) is 9.88. The second-order valence-electron chi connectivity index (χ2n) is 7.45. The molecule has 156 valence electrons. The Kier molecular flexibility index (Phi) is 5.28. The molecule has 0 fully saturated rings. The molecule has 0 aliphatic carbocycles. The zero-order chi connectivity index (χ0) is 22.1. The minimum Gasteiger partial charge on any atom is -0.490 e. The van der Waals surface area contributed by atoms with E-state index in [-0.39, 0.29) is 18.2 Å². The quantitative estimate of drug-likeness (QED) is 0.517. The van der Waals surface area contributed by atoms with Crippen LogP contribution in [0.1, 0.15) is 25.1 Å². The minimum absolute atomic E-state index is 0.0610. The fraction of sp³-hybridized carbons (Fsp3) is 0.217. The molecule has 0 saturated heterocycles. The summed E-state index contributed by atoms with van der Waals surface area (Å²) in [6.07, 6.45) is 1.69. The number of nitrogens with zero attached hydrogens (tertiary/aromatic N) is 4. The lowest BCUT2D eigenvalue weighted by Crippen LogP contribution is -2.13. The van der Waals surface area contributed by atoms with Crippen molar-refractivity contribution < 1.29 is 4.74 Å². The molecule has 0 aliphatic heterocycles. The number of nitriles is 1. The van der Waals surface area contributed by atoms with Gasteiger partial charge in [-0.3, -0.25) is 9.48 Å². The summed E-state index contributed by atoms with van der Waals surface area (Å²) in [7, 11) is 1.83. The number of hydrogen-bond acceptors (Lipinski definition) is 6. The number of aromatic nitrogens is 4. The molecule has 0 radical (unpaired) electrons. The second-order valence-corrected chi connectivity index (χ2v) is 7.45. The van der Waals surface area contributed by atoms with Crippen molar-refractivity contribution in [1.82, 2.24) is 20.0 Å². The largest absolute Gasteiger partial charge is 0.490 e. The first kappa shape index (κ1) is 20.3. The number of ether oxygens (including phenoxy) is 1. The van der Waals surface area contributed by atoms with Gasteiger partial charge in [0.15, 0.2) is 0 Å². The molecule has 2 aromatic heterocycles. The molecule has 4 aromatic rings. The molecule has 2 aromatic carbocycles. The van der Waals surface area contributed by atoms with Gasteiger partial charge in [0.05, 0.1) is 29.1 Å². The predicted octanol–water partition coefficient (Wildman–Crippen LogP) is 3.11. The smallest absolute Gasteiger partial charge is 0.272 e. The fourth-order valence-electron chi connectivity index (χ4n) is 3.71. The maximum absolute atomic E-state index is 12.2. The van der Waals surface area contributed by atoms with Crippen LogP contribution in [0, 0.1) is 11.3 Å². The molecular formula is C23H22N6O2. The number of H-pyrrole nitrogens is 1. The van der Waals surface area contributed by atoms with Gasteiger partial charge in [-0.15, -0.1) is 0 Å². The van der Waals surface area contributed by atoms with Gasteiger partial charge in [-0.1, -0.05) is 18.2 Å². The number of benzene rings is 2. The summed E-state index contributed by atoms with van der Waals surface area (Å²) in [5.74, 6) is 0.529. The molecule has 3 N–H and O–H groups in total. The van der Waals surface area contributed by atoms with Gasteiger partial charge in [0.2, 0.25) is 0 Å². The summed E-state index contributed by atoms with van der Waals surface area (Å²) < 4.78 is 7.58. The van der Waals surface area contributed by atoms with Crippen LogP contribution >= 0.6 is 0 Å². The molecule has 8 nitrogen and oxygen atoms in total. The van der Waals surface area contributed by atoms with Crippen LogP contribution in [0.15, 0.2) is 47.4 Å². The van der Waals surface area contributed by atoms with Crippen LogP contribution in [0.25, 0.3) is 33.2 Å². The van der Waals surface area contributed by atoms with Gasteiger partial charge in [0.25, 0.3) is 5.56 Å². The Morgan fingerprint density at radius 3 is 2.74 bits per heavy atom. The van der Waals surface area contributed by atoms with Crippen molar-refractivity contribution in [2.75, 3.05) is 0 Å². The molecule has 0 atom stereocenters. The van der Waals surface area contributed by atoms with Crippen molar-refractivity contribution in [3.05, 3.63) is 64.2 Å². The van der Waals surface area contributed by atoms with Crippen molar-refractivity contribution in [3.63, 3.8) is 0 Å². The molecule has 2 heterocycles. The Balaban J connectivity index is 1.95. The first-order valence-electron chi connectivity index (χ1n) is 9.88. The molecule has 0 aliphatic rings. The van der Waals surface area contributed by atoms with Crippen LogP contribution in [0.4, 0.5) is 0 Å². The Bertz CT molecular complexity index is 1380. The van der Waals surface area contributed by atoms with Crippen molar-refractivity contribution in [2.24, 2.45) is 12.8 Å². The molecule has 0 bridgehead atoms. The Morgan fingerprint density at radius 1 is 1.23 bits per heavy atom. The molecule has 0 amide bonds. The predicted molar refractivity (Wildman–Crippen MR) is 118 cm³/mol. The van der Waals surface area contributed by atoms with Gasteiger partial charge >= 0.3 is 0 Å². The molecule has 4 rings (SSSR count). The average Bonchev–Trinajstić information content (AvgIpc) is 3.14. The third-order valence-corrected chi connectivity index (χ3v) is 5.07. The number of nitrogens with two attached hydrogens (primary N) is 1. The minimum atomic E-state index is -0.268. The Hall–Kier alpha value is -3.96. The standard InChI is InChI=1S/C23H22N6O2/c1-13(2)31-21-6-4-5-15(18(21)10-24)22-19(12-26-29(22)3)14-7-8-16-17(9-14)20(11-25)27-28-23(16)30/h4-9,12-13H,11,25H2,1-3H3,(H,28,30). The SMILES string of the molecule is CC(C)Oc1cccc(-c2c(-c3ccc4c(=O)[nH]nc(CN)c4c3)cnn2C)c1C#N. The number of rotatable bonds is 5. The lowest BCUT2D eigenvalue weighted by molar-refractivity contribution is 0.242. The van der Waals surface area contributed by atoms with Gasteiger partial charge in [-0.2, -0.15) is 15.5 Å². The molecule has 31 heavy (non-hydrogen) atoms. The number of fused-ring (bicyclic) bond motifs is 1. The van der Waals surface area contributed by atoms with E-state index in [1.807, 2.05) is 45.2 Å². The van der Waals surface area contributed by atoms with E-state index in [2.05, 4.69) is 21.4 Å². The van der Waals surface area contributed by atoms with Crippen LogP contribution in [0.5, 0.6) is 5.75 Å². The normalized spacial score (nSPS) is 11.1. The molecule has 8 heteroatoms. The van der Waals surface area contributed by atoms with E-state index < -0.39 is 0 Å². The number of nitrogens with one attached hydrogen (secondary N) is 1. The summed E-state index contributed by atoms with van der Waals surface area (Å²) in [4.78, 5) is 12.2. The van der Waals surface area contributed by atoms with Crippen molar-refractivity contribution in [1.29, 1.82) is 5.26 Å². The molecule has 0 saturated carbocycles. The van der Waals surface area contributed by atoms with Gasteiger partial charge in [-0.25, -0.2) is 5.10 Å². The van der Waals surface area contributed by atoms with E-state index in [4.69, 9.17) is 10.5 Å². The number of aryl methyl sites for hydroxylation is 1. The highest BCUT2D eigenvalue weighted by atomic mass is 16.5. The van der Waals surface area contributed by atoms with Crippen LogP contribution in [0.2, 0.25) is 0 Å². The van der Waals surface area contributed by atoms with E-state index in [1.165, 1.54) is 0 Å². The lowest BCUT2D eigenvalue weighted by Gasteiger charge is -2.15. The average molecular weight is 414 g/mol. The van der Waals surface area contributed by atoms with Crippen LogP contribution in [-0.2, 0) is 13.6 Å². The first-order chi connectivity index (χ1) is 14.9. The molecule has 0 spiro atoms. The Morgan fingerprint density at radius 2 is 2.03 bits per heavy atom. The third-order valence-electron chi connectivity index (χ3n) is 5.07. The zero-order valence-corrected chi connectivity index (χ0v) is 17.5. The Labute approximate surface area is 178 Å². The summed E-state index contributed by atoms with van der Waals surface area (Å²) in [5.41, 5.74) is 9.77. The van der Waals surface area contributed by atoms with E-state index in [9.17, 15) is 10.1 Å². The molecule has 0 unspecified atom stereocenters. The second kappa shape index (κ2) is 8.05. The van der Waals surface area contributed by atoms with Gasteiger partial charge in [0, 0.05) is 30.1 Å². The van der Waals surface area contributed by atoms with Crippen molar-refractivity contribution >= 4 is 10.8 Å². The highest BCUT2D eigenvalue weighted by molar-refractivity contribution is 5.92. The summed E-state index contributed by atoms with van der Waals surface area (Å²) >= 11 is 0. The number of aromatic amines is 1. The van der Waals surface area contributed by atoms with Gasteiger partial charge < -0.3 is 10.5 Å². The zero-order valence-electron chi connectivity index (χ0n) is 17.5. The van der Waals surface area contributed by atoms with Gasteiger partial charge in [0.1, 0.15) is 17.4 Å². The highest BCUT2D eigenvalue weighted by Crippen LogP contribution is 2.37. The van der Waals surface area contributed by atoms with Crippen molar-refractivity contribution in [2.45, 2.75) is 26.5 Å². The summed E-state index contributed by atoms with van der Waals surface area (Å²) in [6, 6.07) is 13.3. The summed E-state index contributed by atoms with van der Waals surface area (Å²) in [5, 5.41) is 22.1. The van der Waals surface area contributed by atoms with E-state index in [0.717, 1.165) is 22.4 Å². The summed E-state index contributed by atoms with van der Waals surface area (Å²) in [6.45, 7) is 4.04.